The van der Waals surface area contributed by atoms with E-state index < -0.39 is 0 Å². The molecule has 0 aliphatic carbocycles. The number of benzene rings is 2. The summed E-state index contributed by atoms with van der Waals surface area (Å²) in [6, 6.07) is 9.26. The molecule has 0 bridgehead atoms. The van der Waals surface area contributed by atoms with Gasteiger partial charge in [-0.15, -0.1) is 0 Å². The smallest absolute Gasteiger partial charge is 0.307 e. The molecule has 0 aliphatic rings. The summed E-state index contributed by atoms with van der Waals surface area (Å²) in [5.41, 5.74) is 3.77. The zero-order chi connectivity index (χ0) is 19.7. The van der Waals surface area contributed by atoms with Gasteiger partial charge < -0.3 is 14.9 Å². The lowest BCUT2D eigenvalue weighted by Crippen LogP contribution is -1.96. The highest BCUT2D eigenvalue weighted by Crippen LogP contribution is 2.35. The number of ether oxygens (including phenoxy) is 1. The van der Waals surface area contributed by atoms with E-state index in [1.807, 2.05) is 45.9 Å². The Balaban J connectivity index is 1.88. The van der Waals surface area contributed by atoms with Crippen molar-refractivity contribution in [3.8, 4) is 23.1 Å². The number of aromatic nitrogens is 1. The van der Waals surface area contributed by atoms with Gasteiger partial charge in [-0.25, -0.2) is 0 Å². The van der Waals surface area contributed by atoms with Crippen LogP contribution < -0.4 is 9.61 Å². The minimum absolute atomic E-state index is 0.0639. The SMILES string of the molecule is Cc1cc(Cc2sc(=O)[nH]c2O)cc(C)c1Oc1ccc(O)c(C(C)C)c1. The molecule has 0 saturated carbocycles. The molecule has 0 atom stereocenters. The highest BCUT2D eigenvalue weighted by atomic mass is 32.1. The normalized spacial score (nSPS) is 11.1. The molecule has 3 aromatic rings. The zero-order valence-electron chi connectivity index (χ0n) is 15.8. The van der Waals surface area contributed by atoms with Crippen molar-refractivity contribution in [2.24, 2.45) is 0 Å². The standard InChI is InChI=1S/C21H23NO4S/c1-11(2)16-10-15(5-6-17(16)23)26-19-12(3)7-14(8-13(19)4)9-18-20(24)22-21(25)27-18/h5-8,10-11,23-24H,9H2,1-4H3,(H,22,25). The first kappa shape index (κ1) is 19.0. The summed E-state index contributed by atoms with van der Waals surface area (Å²) >= 11 is 1.02. The second-order valence-electron chi connectivity index (χ2n) is 7.00. The number of nitrogens with one attached hydrogen (secondary N) is 1. The molecule has 6 heteroatoms. The van der Waals surface area contributed by atoms with Gasteiger partial charge >= 0.3 is 4.87 Å². The topological polar surface area (TPSA) is 82.6 Å². The molecule has 142 valence electrons. The van der Waals surface area contributed by atoms with Gasteiger partial charge in [-0.05, 0) is 54.7 Å². The Morgan fingerprint density at radius 3 is 2.33 bits per heavy atom. The van der Waals surface area contributed by atoms with Crippen molar-refractivity contribution >= 4 is 11.3 Å². The van der Waals surface area contributed by atoms with Crippen LogP contribution in [-0.4, -0.2) is 15.2 Å². The quantitative estimate of drug-likeness (QED) is 0.579. The Bertz CT molecular complexity index is 1010. The Kier molecular flexibility index (Phi) is 5.28. The van der Waals surface area contributed by atoms with Crippen LogP contribution in [0.25, 0.3) is 0 Å². The fourth-order valence-corrected chi connectivity index (χ4v) is 3.89. The molecule has 27 heavy (non-hydrogen) atoms. The van der Waals surface area contributed by atoms with Crippen LogP contribution in [0.15, 0.2) is 35.1 Å². The van der Waals surface area contributed by atoms with E-state index in [-0.39, 0.29) is 22.4 Å². The largest absolute Gasteiger partial charge is 0.508 e. The molecule has 0 unspecified atom stereocenters. The number of aryl methyl sites for hydroxylation is 2. The predicted octanol–water partition coefficient (Wildman–Crippen LogP) is 4.97. The van der Waals surface area contributed by atoms with E-state index in [9.17, 15) is 15.0 Å². The van der Waals surface area contributed by atoms with Gasteiger partial charge in [0, 0.05) is 12.0 Å². The minimum Gasteiger partial charge on any atom is -0.508 e. The molecular weight excluding hydrogens is 362 g/mol. The third-order valence-corrected chi connectivity index (χ3v) is 5.30. The molecule has 1 heterocycles. The van der Waals surface area contributed by atoms with Crippen molar-refractivity contribution in [1.29, 1.82) is 0 Å². The third-order valence-electron chi connectivity index (χ3n) is 4.43. The number of rotatable bonds is 5. The molecular formula is C21H23NO4S. The van der Waals surface area contributed by atoms with E-state index >= 15 is 0 Å². The summed E-state index contributed by atoms with van der Waals surface area (Å²) in [4.78, 5) is 14.1. The average molecular weight is 385 g/mol. The van der Waals surface area contributed by atoms with Crippen LogP contribution in [0, 0.1) is 13.8 Å². The minimum atomic E-state index is -0.260. The van der Waals surface area contributed by atoms with Gasteiger partial charge in [-0.2, -0.15) is 0 Å². The molecule has 5 nitrogen and oxygen atoms in total. The Labute approximate surface area is 161 Å². The van der Waals surface area contributed by atoms with E-state index in [1.165, 1.54) is 0 Å². The monoisotopic (exact) mass is 385 g/mol. The van der Waals surface area contributed by atoms with Crippen molar-refractivity contribution < 1.29 is 14.9 Å². The number of aromatic hydroxyl groups is 2. The van der Waals surface area contributed by atoms with E-state index in [1.54, 1.807) is 12.1 Å². The second-order valence-corrected chi connectivity index (χ2v) is 8.07. The molecule has 1 aromatic heterocycles. The molecule has 0 spiro atoms. The third kappa shape index (κ3) is 4.17. The first-order valence-corrected chi connectivity index (χ1v) is 9.58. The van der Waals surface area contributed by atoms with Crippen molar-refractivity contribution in [3.63, 3.8) is 0 Å². The van der Waals surface area contributed by atoms with Crippen LogP contribution in [0.4, 0.5) is 0 Å². The Morgan fingerprint density at radius 2 is 1.78 bits per heavy atom. The predicted molar refractivity (Wildman–Crippen MR) is 108 cm³/mol. The molecule has 3 rings (SSSR count). The van der Waals surface area contributed by atoms with E-state index in [4.69, 9.17) is 4.74 Å². The number of thiazole rings is 1. The molecule has 0 fully saturated rings. The fraction of sp³-hybridized carbons (Fsp3) is 0.286. The van der Waals surface area contributed by atoms with Gasteiger partial charge in [-0.1, -0.05) is 37.3 Å². The first-order valence-electron chi connectivity index (χ1n) is 8.76. The first-order chi connectivity index (χ1) is 12.7. The number of aromatic amines is 1. The van der Waals surface area contributed by atoms with Gasteiger partial charge in [0.25, 0.3) is 0 Å². The van der Waals surface area contributed by atoms with Crippen molar-refractivity contribution in [2.75, 3.05) is 0 Å². The highest BCUT2D eigenvalue weighted by molar-refractivity contribution is 7.09. The summed E-state index contributed by atoms with van der Waals surface area (Å²) in [6.07, 6.45) is 0.480. The maximum atomic E-state index is 11.4. The number of H-pyrrole nitrogens is 1. The molecule has 3 N–H and O–H groups in total. The van der Waals surface area contributed by atoms with Crippen molar-refractivity contribution in [1.82, 2.24) is 4.98 Å². The van der Waals surface area contributed by atoms with E-state index in [2.05, 4.69) is 4.98 Å². The Hall–Kier alpha value is -2.73. The fourth-order valence-electron chi connectivity index (χ4n) is 3.14. The summed E-state index contributed by atoms with van der Waals surface area (Å²) < 4.78 is 6.10. The lowest BCUT2D eigenvalue weighted by molar-refractivity contribution is 0.450. The zero-order valence-corrected chi connectivity index (χ0v) is 16.6. The second kappa shape index (κ2) is 7.48. The van der Waals surface area contributed by atoms with Crippen molar-refractivity contribution in [2.45, 2.75) is 40.0 Å². The van der Waals surface area contributed by atoms with Crippen LogP contribution in [0.1, 0.15) is 46.9 Å². The lowest BCUT2D eigenvalue weighted by Gasteiger charge is -2.16. The molecule has 0 amide bonds. The molecule has 0 saturated heterocycles. The van der Waals surface area contributed by atoms with Crippen molar-refractivity contribution in [3.05, 3.63) is 67.1 Å². The Morgan fingerprint density at radius 1 is 1.11 bits per heavy atom. The summed E-state index contributed by atoms with van der Waals surface area (Å²) in [7, 11) is 0. The van der Waals surface area contributed by atoms with Crippen LogP contribution in [-0.2, 0) is 6.42 Å². The summed E-state index contributed by atoms with van der Waals surface area (Å²) in [5.74, 6) is 1.85. The summed E-state index contributed by atoms with van der Waals surface area (Å²) in [6.45, 7) is 7.98. The maximum Gasteiger partial charge on any atom is 0.307 e. The van der Waals surface area contributed by atoms with Crippen LogP contribution in [0.3, 0.4) is 0 Å². The van der Waals surface area contributed by atoms with Gasteiger partial charge in [0.1, 0.15) is 17.2 Å². The molecule has 2 aromatic carbocycles. The lowest BCUT2D eigenvalue weighted by atomic mass is 10.0. The van der Waals surface area contributed by atoms with Gasteiger partial charge in [0.2, 0.25) is 5.88 Å². The molecule has 0 aliphatic heterocycles. The number of phenols is 1. The number of hydrogen-bond donors (Lipinski definition) is 3. The number of phenolic OH excluding ortho intramolecular Hbond substituents is 1. The van der Waals surface area contributed by atoms with Gasteiger partial charge in [0.15, 0.2) is 0 Å². The van der Waals surface area contributed by atoms with Crippen LogP contribution in [0.2, 0.25) is 0 Å². The molecule has 0 radical (unpaired) electrons. The van der Waals surface area contributed by atoms with Gasteiger partial charge in [-0.3, -0.25) is 9.78 Å². The average Bonchev–Trinajstić information content (AvgIpc) is 2.89. The highest BCUT2D eigenvalue weighted by Gasteiger charge is 2.13. The maximum absolute atomic E-state index is 11.4. The van der Waals surface area contributed by atoms with Gasteiger partial charge in [0.05, 0.1) is 4.88 Å². The van der Waals surface area contributed by atoms with Crippen LogP contribution in [0.5, 0.6) is 23.1 Å². The summed E-state index contributed by atoms with van der Waals surface area (Å²) in [5, 5.41) is 19.8. The van der Waals surface area contributed by atoms with E-state index in [0.717, 1.165) is 39.3 Å². The van der Waals surface area contributed by atoms with Crippen LogP contribution >= 0.6 is 11.3 Å². The van der Waals surface area contributed by atoms with E-state index in [0.29, 0.717) is 17.0 Å². The number of hydrogen-bond acceptors (Lipinski definition) is 5.